The third kappa shape index (κ3) is 4.26. The molecule has 2 aromatic carbocycles. The summed E-state index contributed by atoms with van der Waals surface area (Å²) in [6, 6.07) is 14.9. The van der Waals surface area contributed by atoms with Crippen molar-refractivity contribution in [2.45, 2.75) is 11.3 Å². The van der Waals surface area contributed by atoms with Crippen LogP contribution in [-0.4, -0.2) is 24.2 Å². The Morgan fingerprint density at radius 2 is 2.04 bits per heavy atom. The van der Waals surface area contributed by atoms with Crippen LogP contribution in [0.15, 0.2) is 53.4 Å². The summed E-state index contributed by atoms with van der Waals surface area (Å²) in [5, 5.41) is 5.62. The second kappa shape index (κ2) is 7.19. The monoisotopic (exact) mass is 328 g/mol. The number of hydrogen-bond donors (Lipinski definition) is 2. The summed E-state index contributed by atoms with van der Waals surface area (Å²) in [4.78, 5) is 24.4. The largest absolute Gasteiger partial charge is 0.493 e. The van der Waals surface area contributed by atoms with Gasteiger partial charge in [0.2, 0.25) is 11.8 Å². The molecule has 1 heterocycles. The van der Waals surface area contributed by atoms with E-state index in [1.807, 2.05) is 42.5 Å². The van der Waals surface area contributed by atoms with Crippen LogP contribution >= 0.6 is 11.8 Å². The van der Waals surface area contributed by atoms with E-state index in [0.717, 1.165) is 16.3 Å². The number of ether oxygens (including phenoxy) is 1. The van der Waals surface area contributed by atoms with Crippen LogP contribution in [0.2, 0.25) is 0 Å². The van der Waals surface area contributed by atoms with E-state index >= 15 is 0 Å². The lowest BCUT2D eigenvalue weighted by atomic mass is 10.2. The van der Waals surface area contributed by atoms with Gasteiger partial charge in [-0.15, -0.1) is 11.8 Å². The first-order valence-corrected chi connectivity index (χ1v) is 8.24. The minimum atomic E-state index is -0.129. The zero-order chi connectivity index (χ0) is 16.1. The van der Waals surface area contributed by atoms with Gasteiger partial charge < -0.3 is 15.4 Å². The van der Waals surface area contributed by atoms with Crippen molar-refractivity contribution in [3.05, 3.63) is 48.5 Å². The van der Waals surface area contributed by atoms with Crippen molar-refractivity contribution < 1.29 is 14.3 Å². The molecule has 1 aliphatic heterocycles. The highest BCUT2D eigenvalue weighted by Gasteiger charge is 2.15. The Kier molecular flexibility index (Phi) is 4.83. The van der Waals surface area contributed by atoms with Crippen LogP contribution in [0.25, 0.3) is 0 Å². The lowest BCUT2D eigenvalue weighted by molar-refractivity contribution is -0.116. The van der Waals surface area contributed by atoms with Crippen LogP contribution in [-0.2, 0) is 9.59 Å². The molecule has 5 nitrogen and oxygen atoms in total. The summed E-state index contributed by atoms with van der Waals surface area (Å²) in [5.74, 6) is 1.02. The average molecular weight is 328 g/mol. The van der Waals surface area contributed by atoms with Crippen LogP contribution in [0.5, 0.6) is 5.75 Å². The first-order chi connectivity index (χ1) is 11.2. The number of carbonyl (C=O) groups is 2. The molecule has 0 fully saturated rings. The molecule has 2 aromatic rings. The quantitative estimate of drug-likeness (QED) is 0.885. The van der Waals surface area contributed by atoms with Crippen molar-refractivity contribution in [1.82, 2.24) is 0 Å². The molecule has 118 valence electrons. The summed E-state index contributed by atoms with van der Waals surface area (Å²) >= 11 is 1.49. The lowest BCUT2D eigenvalue weighted by Crippen LogP contribution is -2.19. The Bertz CT molecular complexity index is 719. The van der Waals surface area contributed by atoms with Crippen LogP contribution in [0.1, 0.15) is 6.42 Å². The smallest absolute Gasteiger partial charge is 0.234 e. The predicted molar refractivity (Wildman–Crippen MR) is 91.0 cm³/mol. The fraction of sp³-hybridized carbons (Fsp3) is 0.176. The molecule has 3 rings (SSSR count). The summed E-state index contributed by atoms with van der Waals surface area (Å²) < 4.78 is 5.50. The van der Waals surface area contributed by atoms with E-state index < -0.39 is 0 Å². The molecule has 0 bridgehead atoms. The van der Waals surface area contributed by atoms with E-state index in [-0.39, 0.29) is 18.2 Å². The summed E-state index contributed by atoms with van der Waals surface area (Å²) in [7, 11) is 0. The molecule has 2 N–H and O–H groups in total. The fourth-order valence-corrected chi connectivity index (χ4v) is 2.95. The Labute approximate surface area is 138 Å². The van der Waals surface area contributed by atoms with Gasteiger partial charge in [-0.25, -0.2) is 0 Å². The molecule has 2 amide bonds. The number of hydrogen-bond acceptors (Lipinski definition) is 4. The number of amides is 2. The lowest BCUT2D eigenvalue weighted by Gasteiger charge is -2.17. The highest BCUT2D eigenvalue weighted by molar-refractivity contribution is 8.00. The normalized spacial score (nSPS) is 13.0. The van der Waals surface area contributed by atoms with Crippen molar-refractivity contribution in [2.75, 3.05) is 23.0 Å². The van der Waals surface area contributed by atoms with Crippen LogP contribution in [0, 0.1) is 0 Å². The van der Waals surface area contributed by atoms with Gasteiger partial charge in [-0.2, -0.15) is 0 Å². The minimum absolute atomic E-state index is 0.0257. The van der Waals surface area contributed by atoms with Gasteiger partial charge in [0, 0.05) is 10.6 Å². The maximum Gasteiger partial charge on any atom is 0.234 e. The number of carbonyl (C=O) groups excluding carboxylic acids is 2. The molecule has 0 atom stereocenters. The van der Waals surface area contributed by atoms with E-state index in [1.54, 1.807) is 6.07 Å². The van der Waals surface area contributed by atoms with Gasteiger partial charge in [0.15, 0.2) is 0 Å². The molecular formula is C17H16N2O3S. The van der Waals surface area contributed by atoms with Crippen LogP contribution < -0.4 is 15.4 Å². The van der Waals surface area contributed by atoms with E-state index in [2.05, 4.69) is 10.6 Å². The molecular weight excluding hydrogens is 312 g/mol. The van der Waals surface area contributed by atoms with Gasteiger partial charge in [0.1, 0.15) is 5.75 Å². The van der Waals surface area contributed by atoms with Gasteiger partial charge in [0.25, 0.3) is 0 Å². The highest BCUT2D eigenvalue weighted by Crippen LogP contribution is 2.33. The van der Waals surface area contributed by atoms with Gasteiger partial charge >= 0.3 is 0 Å². The molecule has 1 aliphatic rings. The third-order valence-electron chi connectivity index (χ3n) is 3.24. The molecule has 0 saturated heterocycles. The number of benzene rings is 2. The Hall–Kier alpha value is -2.47. The molecule has 6 heteroatoms. The predicted octanol–water partition coefficient (Wildman–Crippen LogP) is 3.14. The topological polar surface area (TPSA) is 67.4 Å². The molecule has 0 aromatic heterocycles. The number of rotatable bonds is 5. The second-order valence-corrected chi connectivity index (χ2v) is 6.02. The summed E-state index contributed by atoms with van der Waals surface area (Å²) in [6.07, 6.45) is 0.257. The molecule has 0 spiro atoms. The van der Waals surface area contributed by atoms with Crippen LogP contribution in [0.3, 0.4) is 0 Å². The van der Waals surface area contributed by atoms with Crippen molar-refractivity contribution in [1.29, 1.82) is 0 Å². The van der Waals surface area contributed by atoms with Crippen molar-refractivity contribution >= 4 is 35.0 Å². The summed E-state index contributed by atoms with van der Waals surface area (Å²) in [6.45, 7) is 0.313. The number of fused-ring (bicyclic) bond motifs is 1. The molecule has 0 unspecified atom stereocenters. The molecule has 0 aliphatic carbocycles. The zero-order valence-corrected chi connectivity index (χ0v) is 13.2. The Balaban J connectivity index is 1.52. The minimum Gasteiger partial charge on any atom is -0.493 e. The van der Waals surface area contributed by atoms with Crippen molar-refractivity contribution in [3.63, 3.8) is 0 Å². The first-order valence-electron chi connectivity index (χ1n) is 7.25. The SMILES string of the molecule is O=C(CCOc1ccccc1)Nc1ccc2c(c1)NC(=O)CS2. The van der Waals surface area contributed by atoms with Gasteiger partial charge in [0.05, 0.1) is 24.5 Å². The number of anilines is 2. The zero-order valence-electron chi connectivity index (χ0n) is 12.4. The van der Waals surface area contributed by atoms with Crippen molar-refractivity contribution in [3.8, 4) is 5.75 Å². The highest BCUT2D eigenvalue weighted by atomic mass is 32.2. The Morgan fingerprint density at radius 3 is 2.87 bits per heavy atom. The van der Waals surface area contributed by atoms with E-state index in [1.165, 1.54) is 11.8 Å². The molecule has 0 saturated carbocycles. The fourth-order valence-electron chi connectivity index (χ4n) is 2.16. The summed E-state index contributed by atoms with van der Waals surface area (Å²) in [5.41, 5.74) is 1.40. The van der Waals surface area contributed by atoms with Crippen LogP contribution in [0.4, 0.5) is 11.4 Å². The first kappa shape index (κ1) is 15.4. The standard InChI is InChI=1S/C17H16N2O3S/c20-16(8-9-22-13-4-2-1-3-5-13)18-12-6-7-15-14(10-12)19-17(21)11-23-15/h1-7,10H,8-9,11H2,(H,18,20)(H,19,21). The molecule has 23 heavy (non-hydrogen) atoms. The van der Waals surface area contributed by atoms with Gasteiger partial charge in [-0.1, -0.05) is 18.2 Å². The maximum absolute atomic E-state index is 12.0. The maximum atomic E-state index is 12.0. The number of para-hydroxylation sites is 1. The van der Waals surface area contributed by atoms with Gasteiger partial charge in [-0.05, 0) is 30.3 Å². The van der Waals surface area contributed by atoms with Gasteiger partial charge in [-0.3, -0.25) is 9.59 Å². The van der Waals surface area contributed by atoms with Crippen molar-refractivity contribution in [2.24, 2.45) is 0 Å². The third-order valence-corrected chi connectivity index (χ3v) is 4.31. The number of nitrogens with one attached hydrogen (secondary N) is 2. The average Bonchev–Trinajstić information content (AvgIpc) is 2.55. The Morgan fingerprint density at radius 1 is 1.22 bits per heavy atom. The van der Waals surface area contributed by atoms with E-state index in [4.69, 9.17) is 4.74 Å². The number of thioether (sulfide) groups is 1. The molecule has 0 radical (unpaired) electrons. The second-order valence-electron chi connectivity index (χ2n) is 5.01. The van der Waals surface area contributed by atoms with E-state index in [0.29, 0.717) is 18.0 Å². The van der Waals surface area contributed by atoms with E-state index in [9.17, 15) is 9.59 Å².